The van der Waals surface area contributed by atoms with Crippen molar-refractivity contribution in [2.75, 3.05) is 31.1 Å². The average molecular weight is 501 g/mol. The van der Waals surface area contributed by atoms with Gasteiger partial charge in [0, 0.05) is 50.5 Å². The lowest BCUT2D eigenvalue weighted by Crippen LogP contribution is -2.51. The van der Waals surface area contributed by atoms with Gasteiger partial charge in [0.2, 0.25) is 0 Å². The fourth-order valence-corrected chi connectivity index (χ4v) is 3.61. The molecule has 0 bridgehead atoms. The Kier molecular flexibility index (Phi) is 7.02. The number of hydrogen-bond donors (Lipinski definition) is 1. The summed E-state index contributed by atoms with van der Waals surface area (Å²) in [5.74, 6) is 0.553. The minimum atomic E-state index is 0. The molecule has 0 radical (unpaired) electrons. The minimum absolute atomic E-state index is 0. The van der Waals surface area contributed by atoms with Crippen LogP contribution < -0.4 is 10.6 Å². The molecule has 0 atom stereocenters. The lowest BCUT2D eigenvalue weighted by molar-refractivity contribution is 0.380. The molecule has 0 saturated carbocycles. The number of aromatic nitrogens is 2. The largest absolute Gasteiger partial charge is 0.370 e. The van der Waals surface area contributed by atoms with E-state index in [2.05, 4.69) is 19.8 Å². The molecule has 0 aliphatic carbocycles. The van der Waals surface area contributed by atoms with Crippen LogP contribution in [-0.2, 0) is 13.6 Å². The zero-order valence-electron chi connectivity index (χ0n) is 13.2. The van der Waals surface area contributed by atoms with Gasteiger partial charge in [-0.25, -0.2) is 9.98 Å². The van der Waals surface area contributed by atoms with E-state index in [1.165, 1.54) is 0 Å². The Bertz CT molecular complexity index is 694. The fourth-order valence-electron chi connectivity index (χ4n) is 2.50. The van der Waals surface area contributed by atoms with Crippen LogP contribution in [0.3, 0.4) is 0 Å². The summed E-state index contributed by atoms with van der Waals surface area (Å²) in [5, 5.41) is 4.11. The Labute approximate surface area is 172 Å². The molecule has 3 rings (SSSR count). The maximum atomic E-state index is 6.12. The van der Waals surface area contributed by atoms with Crippen LogP contribution in [0, 0.1) is 0 Å². The number of guanidine groups is 1. The van der Waals surface area contributed by atoms with E-state index in [9.17, 15) is 0 Å². The highest BCUT2D eigenvalue weighted by Crippen LogP contribution is 2.25. The number of aliphatic imine (C=N–C) groups is 1. The number of nitrogens with zero attached hydrogens (tertiary/aromatic N) is 5. The summed E-state index contributed by atoms with van der Waals surface area (Å²) in [6, 6.07) is 1.82. The van der Waals surface area contributed by atoms with Crippen molar-refractivity contribution in [1.82, 2.24) is 14.5 Å². The molecule has 0 unspecified atom stereocenters. The monoisotopic (exact) mass is 500 g/mol. The third-order valence-corrected chi connectivity index (χ3v) is 5.59. The van der Waals surface area contributed by atoms with Gasteiger partial charge in [0.1, 0.15) is 5.15 Å². The molecule has 0 aromatic carbocycles. The van der Waals surface area contributed by atoms with Crippen LogP contribution in [0.5, 0.6) is 0 Å². The molecule has 2 N–H and O–H groups in total. The molecule has 132 valence electrons. The number of nitrogens with two attached hydrogens (primary N) is 1. The zero-order chi connectivity index (χ0) is 16.4. The highest BCUT2D eigenvalue weighted by atomic mass is 127. The lowest BCUT2D eigenvalue weighted by Gasteiger charge is -2.35. The van der Waals surface area contributed by atoms with Gasteiger partial charge in [-0.15, -0.1) is 35.3 Å². The van der Waals surface area contributed by atoms with E-state index in [1.54, 1.807) is 11.3 Å². The molecule has 0 amide bonds. The van der Waals surface area contributed by atoms with E-state index >= 15 is 0 Å². The first-order valence-electron chi connectivity index (χ1n) is 7.25. The van der Waals surface area contributed by atoms with Gasteiger partial charge in [-0.1, -0.05) is 23.2 Å². The maximum absolute atomic E-state index is 6.12. The number of hydrogen-bond acceptors (Lipinski definition) is 4. The molecule has 10 heteroatoms. The van der Waals surface area contributed by atoms with Crippen molar-refractivity contribution in [3.63, 3.8) is 0 Å². The van der Waals surface area contributed by atoms with Crippen LogP contribution in [0.15, 0.2) is 22.6 Å². The molecule has 1 aliphatic rings. The molecule has 6 nitrogen and oxygen atoms in total. The van der Waals surface area contributed by atoms with Crippen molar-refractivity contribution in [2.24, 2.45) is 17.8 Å². The van der Waals surface area contributed by atoms with Crippen LogP contribution >= 0.6 is 58.5 Å². The molecular weight excluding hydrogens is 482 g/mol. The third-order valence-electron chi connectivity index (χ3n) is 3.91. The van der Waals surface area contributed by atoms with Gasteiger partial charge in [-0.2, -0.15) is 0 Å². The number of rotatable bonds is 3. The van der Waals surface area contributed by atoms with E-state index in [-0.39, 0.29) is 24.0 Å². The van der Waals surface area contributed by atoms with Crippen LogP contribution in [0.1, 0.15) is 5.69 Å². The standard InChI is InChI=1S/C14H18Cl2N6S.HI/c1-20-10(8-11(15)12(20)16)9-19-13(17)21-3-5-22(6-4-21)14-18-2-7-23-14;/h2,7-8H,3-6,9H2,1H3,(H2,17,19);1H. The molecule has 1 aliphatic heterocycles. The Morgan fingerprint density at radius 2 is 2.04 bits per heavy atom. The number of anilines is 1. The number of piperazine rings is 1. The van der Waals surface area contributed by atoms with Gasteiger partial charge < -0.3 is 20.1 Å². The second kappa shape index (κ2) is 8.59. The van der Waals surface area contributed by atoms with Crippen molar-refractivity contribution in [3.8, 4) is 0 Å². The van der Waals surface area contributed by atoms with Gasteiger partial charge in [0.15, 0.2) is 11.1 Å². The zero-order valence-corrected chi connectivity index (χ0v) is 17.8. The Morgan fingerprint density at radius 3 is 2.58 bits per heavy atom. The van der Waals surface area contributed by atoms with Crippen LogP contribution in [-0.4, -0.2) is 46.6 Å². The van der Waals surface area contributed by atoms with Crippen LogP contribution in [0.2, 0.25) is 10.2 Å². The van der Waals surface area contributed by atoms with Crippen LogP contribution in [0.25, 0.3) is 0 Å². The molecule has 1 saturated heterocycles. The molecular formula is C14H19Cl2IN6S. The Morgan fingerprint density at radius 1 is 1.33 bits per heavy atom. The second-order valence-electron chi connectivity index (χ2n) is 5.30. The molecule has 2 aromatic heterocycles. The predicted molar refractivity (Wildman–Crippen MR) is 112 cm³/mol. The van der Waals surface area contributed by atoms with Crippen molar-refractivity contribution >= 4 is 69.6 Å². The Balaban J connectivity index is 0.00000208. The van der Waals surface area contributed by atoms with Gasteiger partial charge >= 0.3 is 0 Å². The van der Waals surface area contributed by atoms with Crippen molar-refractivity contribution in [3.05, 3.63) is 33.5 Å². The third kappa shape index (κ3) is 4.27. The van der Waals surface area contributed by atoms with Gasteiger partial charge in [-0.05, 0) is 6.07 Å². The SMILES string of the molecule is Cn1c(CN=C(N)N2CCN(c3nccs3)CC2)cc(Cl)c1Cl.I. The van der Waals surface area contributed by atoms with E-state index in [0.29, 0.717) is 22.7 Å². The summed E-state index contributed by atoms with van der Waals surface area (Å²) in [5.41, 5.74) is 7.06. The van der Waals surface area contributed by atoms with Gasteiger partial charge in [-0.3, -0.25) is 0 Å². The quantitative estimate of drug-likeness (QED) is 0.399. The summed E-state index contributed by atoms with van der Waals surface area (Å²) in [4.78, 5) is 13.2. The molecule has 1 fully saturated rings. The van der Waals surface area contributed by atoms with Crippen LogP contribution in [0.4, 0.5) is 5.13 Å². The molecule has 2 aromatic rings. The highest BCUT2D eigenvalue weighted by Gasteiger charge is 2.20. The summed E-state index contributed by atoms with van der Waals surface area (Å²) >= 11 is 13.7. The predicted octanol–water partition coefficient (Wildman–Crippen LogP) is 3.04. The van der Waals surface area contributed by atoms with Gasteiger partial charge in [0.05, 0.1) is 11.6 Å². The first kappa shape index (κ1) is 19.6. The first-order valence-corrected chi connectivity index (χ1v) is 8.88. The molecule has 0 spiro atoms. The molecule has 24 heavy (non-hydrogen) atoms. The highest BCUT2D eigenvalue weighted by molar-refractivity contribution is 14.0. The minimum Gasteiger partial charge on any atom is -0.370 e. The van der Waals surface area contributed by atoms with E-state index in [4.69, 9.17) is 28.9 Å². The topological polar surface area (TPSA) is 62.7 Å². The summed E-state index contributed by atoms with van der Waals surface area (Å²) in [6.45, 7) is 3.92. The van der Waals surface area contributed by atoms with E-state index in [1.807, 2.05) is 29.3 Å². The van der Waals surface area contributed by atoms with E-state index in [0.717, 1.165) is 37.0 Å². The van der Waals surface area contributed by atoms with E-state index < -0.39 is 0 Å². The summed E-state index contributed by atoms with van der Waals surface area (Å²) < 4.78 is 1.82. The summed E-state index contributed by atoms with van der Waals surface area (Å²) in [6.07, 6.45) is 1.83. The first-order chi connectivity index (χ1) is 11.1. The van der Waals surface area contributed by atoms with Gasteiger partial charge in [0.25, 0.3) is 0 Å². The second-order valence-corrected chi connectivity index (χ2v) is 6.93. The number of halogens is 3. The summed E-state index contributed by atoms with van der Waals surface area (Å²) in [7, 11) is 1.86. The normalized spacial score (nSPS) is 15.5. The average Bonchev–Trinajstić information content (AvgIpc) is 3.18. The molecule has 3 heterocycles. The number of thiazole rings is 1. The van der Waals surface area contributed by atoms with Crippen molar-refractivity contribution < 1.29 is 0 Å². The maximum Gasteiger partial charge on any atom is 0.191 e. The van der Waals surface area contributed by atoms with Crippen molar-refractivity contribution in [1.29, 1.82) is 0 Å². The lowest BCUT2D eigenvalue weighted by atomic mass is 10.3. The fraction of sp³-hybridized carbons (Fsp3) is 0.429. The smallest absolute Gasteiger partial charge is 0.191 e. The Hall–Kier alpha value is -0.710. The van der Waals surface area contributed by atoms with Crippen molar-refractivity contribution in [2.45, 2.75) is 6.54 Å².